The van der Waals surface area contributed by atoms with Crippen LogP contribution in [-0.4, -0.2) is 60.5 Å². The van der Waals surface area contributed by atoms with Gasteiger partial charge in [0.05, 0.1) is 17.5 Å². The minimum absolute atomic E-state index is 0.0772. The zero-order valence-electron chi connectivity index (χ0n) is 20.8. The molecule has 12 nitrogen and oxygen atoms in total. The molecule has 1 aliphatic rings. The third-order valence-electron chi connectivity index (χ3n) is 6.20. The largest absolute Gasteiger partial charge is 0.386 e. The Bertz CT molecular complexity index is 1250. The van der Waals surface area contributed by atoms with Gasteiger partial charge in [-0.05, 0) is 51.3 Å². The van der Waals surface area contributed by atoms with Crippen molar-refractivity contribution in [1.29, 1.82) is 0 Å². The van der Waals surface area contributed by atoms with Crippen LogP contribution in [0.2, 0.25) is 0 Å². The summed E-state index contributed by atoms with van der Waals surface area (Å²) in [7, 11) is 1.77. The lowest BCUT2D eigenvalue weighted by atomic mass is 9.96. The molecule has 4 rings (SSSR count). The summed E-state index contributed by atoms with van der Waals surface area (Å²) in [6.45, 7) is 5.92. The first kappa shape index (κ1) is 25.0. The Morgan fingerprint density at radius 3 is 2.50 bits per heavy atom. The van der Waals surface area contributed by atoms with E-state index in [9.17, 15) is 14.7 Å². The summed E-state index contributed by atoms with van der Waals surface area (Å²) in [5.74, 6) is -0.433. The minimum Gasteiger partial charge on any atom is -0.386 e. The van der Waals surface area contributed by atoms with E-state index < -0.39 is 11.5 Å². The molecular formula is C24H31N9O3. The summed E-state index contributed by atoms with van der Waals surface area (Å²) in [6.07, 6.45) is 4.92. The zero-order chi connectivity index (χ0) is 26.0. The molecule has 3 heterocycles. The average molecular weight is 494 g/mol. The maximum absolute atomic E-state index is 12.9. The van der Waals surface area contributed by atoms with Crippen molar-refractivity contribution in [3.8, 4) is 0 Å². The number of hydrogen-bond donors (Lipinski definition) is 4. The molecule has 0 saturated carbocycles. The van der Waals surface area contributed by atoms with Crippen LogP contribution in [0.5, 0.6) is 0 Å². The van der Waals surface area contributed by atoms with E-state index in [1.54, 1.807) is 62.2 Å². The summed E-state index contributed by atoms with van der Waals surface area (Å²) in [5.41, 5.74) is 6.30. The van der Waals surface area contributed by atoms with Gasteiger partial charge in [-0.25, -0.2) is 0 Å². The number of amides is 2. The van der Waals surface area contributed by atoms with Crippen LogP contribution in [-0.2, 0) is 12.6 Å². The van der Waals surface area contributed by atoms with Gasteiger partial charge in [-0.15, -0.1) is 10.2 Å². The fraction of sp³-hybridized carbons (Fsp3) is 0.417. The number of rotatable bonds is 7. The number of aryl methyl sites for hydroxylation is 1. The smallest absolute Gasteiger partial charge is 0.273 e. The Hall–Kier alpha value is -4.06. The van der Waals surface area contributed by atoms with Crippen molar-refractivity contribution < 1.29 is 14.7 Å². The Kier molecular flexibility index (Phi) is 6.88. The summed E-state index contributed by atoms with van der Waals surface area (Å²) < 4.78 is 1.61. The number of piperidine rings is 1. The highest BCUT2D eigenvalue weighted by atomic mass is 16.3. The Morgan fingerprint density at radius 1 is 1.17 bits per heavy atom. The number of aliphatic hydroxyl groups is 1. The first-order chi connectivity index (χ1) is 17.0. The van der Waals surface area contributed by atoms with Crippen LogP contribution in [0.3, 0.4) is 0 Å². The highest BCUT2D eigenvalue weighted by Gasteiger charge is 2.30. The first-order valence-electron chi connectivity index (χ1n) is 11.7. The SMILES string of the molecule is C[C@H]1CC[C@@H](NC(=O)c2ccc(C(C)(C)O)cc2)CN1c1nnc(C(N)=O)c(Nc2cnn(C)c2)n1. The highest BCUT2D eigenvalue weighted by Crippen LogP contribution is 2.25. The molecule has 1 fully saturated rings. The minimum atomic E-state index is -0.974. The van der Waals surface area contributed by atoms with E-state index in [0.717, 1.165) is 18.4 Å². The van der Waals surface area contributed by atoms with Crippen LogP contribution in [0.1, 0.15) is 60.0 Å². The van der Waals surface area contributed by atoms with Crippen LogP contribution in [0.25, 0.3) is 0 Å². The van der Waals surface area contributed by atoms with Gasteiger partial charge in [-0.1, -0.05) is 12.1 Å². The fourth-order valence-electron chi connectivity index (χ4n) is 4.12. The lowest BCUT2D eigenvalue weighted by Crippen LogP contribution is -2.51. The molecule has 1 aromatic carbocycles. The quantitative estimate of drug-likeness (QED) is 0.381. The normalized spacial score (nSPS) is 18.1. The Balaban J connectivity index is 1.50. The van der Waals surface area contributed by atoms with Crippen molar-refractivity contribution in [3.63, 3.8) is 0 Å². The molecule has 0 spiro atoms. The van der Waals surface area contributed by atoms with Crippen molar-refractivity contribution in [2.45, 2.75) is 51.3 Å². The molecule has 0 aliphatic carbocycles. The topological polar surface area (TPSA) is 164 Å². The van der Waals surface area contributed by atoms with Crippen molar-refractivity contribution in [2.24, 2.45) is 12.8 Å². The van der Waals surface area contributed by atoms with Crippen LogP contribution in [0.4, 0.5) is 17.5 Å². The molecule has 0 radical (unpaired) electrons. The standard InChI is InChI=1S/C24H31N9O3/c1-14-5-10-17(28-22(35)15-6-8-16(9-7-15)24(2,3)36)13-33(14)23-29-21(19(20(25)34)30-31-23)27-18-11-26-32(4)12-18/h6-9,11-12,14,17,36H,5,10,13H2,1-4H3,(H2,25,34)(H,28,35)(H,27,29,31)/t14-,17+/m0/s1. The van der Waals surface area contributed by atoms with E-state index in [0.29, 0.717) is 23.7 Å². The molecule has 12 heteroatoms. The molecule has 2 atom stereocenters. The highest BCUT2D eigenvalue weighted by molar-refractivity contribution is 5.96. The second-order valence-electron chi connectivity index (χ2n) is 9.59. The summed E-state index contributed by atoms with van der Waals surface area (Å²) in [5, 5.41) is 28.5. The number of benzene rings is 1. The number of nitrogens with zero attached hydrogens (tertiary/aromatic N) is 6. The lowest BCUT2D eigenvalue weighted by molar-refractivity contribution is 0.0783. The lowest BCUT2D eigenvalue weighted by Gasteiger charge is -2.38. The second-order valence-corrected chi connectivity index (χ2v) is 9.59. The summed E-state index contributed by atoms with van der Waals surface area (Å²) in [4.78, 5) is 31.3. The zero-order valence-corrected chi connectivity index (χ0v) is 20.8. The summed E-state index contributed by atoms with van der Waals surface area (Å²) >= 11 is 0. The maximum atomic E-state index is 12.9. The molecule has 1 aliphatic heterocycles. The number of anilines is 3. The van der Waals surface area contributed by atoms with Crippen molar-refractivity contribution in [1.82, 2.24) is 30.3 Å². The van der Waals surface area contributed by atoms with Gasteiger partial charge in [0.15, 0.2) is 11.5 Å². The van der Waals surface area contributed by atoms with Gasteiger partial charge in [0.1, 0.15) is 0 Å². The monoisotopic (exact) mass is 493 g/mol. The number of carbonyl (C=O) groups is 2. The van der Waals surface area contributed by atoms with Gasteiger partial charge in [-0.2, -0.15) is 10.1 Å². The molecule has 5 N–H and O–H groups in total. The molecule has 190 valence electrons. The maximum Gasteiger partial charge on any atom is 0.273 e. The number of nitrogens with one attached hydrogen (secondary N) is 2. The van der Waals surface area contributed by atoms with Crippen molar-refractivity contribution >= 4 is 29.3 Å². The molecule has 3 aromatic rings. The Labute approximate surface area is 208 Å². The summed E-state index contributed by atoms with van der Waals surface area (Å²) in [6, 6.07) is 6.87. The van der Waals surface area contributed by atoms with E-state index in [1.165, 1.54) is 0 Å². The van der Waals surface area contributed by atoms with Crippen LogP contribution >= 0.6 is 0 Å². The van der Waals surface area contributed by atoms with Gasteiger partial charge in [0, 0.05) is 37.4 Å². The van der Waals surface area contributed by atoms with E-state index in [4.69, 9.17) is 5.73 Å². The van der Waals surface area contributed by atoms with Crippen LogP contribution < -0.4 is 21.3 Å². The molecule has 2 aromatic heterocycles. The van der Waals surface area contributed by atoms with E-state index in [-0.39, 0.29) is 29.5 Å². The van der Waals surface area contributed by atoms with Crippen LogP contribution in [0.15, 0.2) is 36.7 Å². The molecular weight excluding hydrogens is 462 g/mol. The van der Waals surface area contributed by atoms with Gasteiger partial charge >= 0.3 is 0 Å². The number of nitrogens with two attached hydrogens (primary N) is 1. The van der Waals surface area contributed by atoms with Crippen molar-refractivity contribution in [2.75, 3.05) is 16.8 Å². The fourth-order valence-corrected chi connectivity index (χ4v) is 4.12. The third kappa shape index (κ3) is 5.60. The van der Waals surface area contributed by atoms with Gasteiger partial charge in [0.2, 0.25) is 5.95 Å². The van der Waals surface area contributed by atoms with E-state index in [1.807, 2.05) is 11.8 Å². The van der Waals surface area contributed by atoms with Gasteiger partial charge in [-0.3, -0.25) is 14.3 Å². The predicted octanol–water partition coefficient (Wildman–Crippen LogP) is 1.46. The number of hydrogen-bond acceptors (Lipinski definition) is 9. The van der Waals surface area contributed by atoms with E-state index in [2.05, 4.69) is 30.9 Å². The molecule has 0 bridgehead atoms. The molecule has 2 amide bonds. The first-order valence-corrected chi connectivity index (χ1v) is 11.7. The predicted molar refractivity (Wildman–Crippen MR) is 134 cm³/mol. The number of aromatic nitrogens is 5. The van der Waals surface area contributed by atoms with Gasteiger partial charge < -0.3 is 26.4 Å². The second kappa shape index (κ2) is 9.90. The molecule has 36 heavy (non-hydrogen) atoms. The van der Waals surface area contributed by atoms with Crippen LogP contribution in [0, 0.1) is 0 Å². The molecule has 0 unspecified atom stereocenters. The number of primary amides is 1. The van der Waals surface area contributed by atoms with E-state index >= 15 is 0 Å². The third-order valence-corrected chi connectivity index (χ3v) is 6.20. The molecule has 1 saturated heterocycles. The van der Waals surface area contributed by atoms with Crippen molar-refractivity contribution in [3.05, 3.63) is 53.5 Å². The Morgan fingerprint density at radius 2 is 1.89 bits per heavy atom. The number of carbonyl (C=O) groups excluding carboxylic acids is 2. The van der Waals surface area contributed by atoms with Gasteiger partial charge in [0.25, 0.3) is 11.8 Å². The average Bonchev–Trinajstić information content (AvgIpc) is 3.24.